The number of aromatic nitrogens is 1. The van der Waals surface area contributed by atoms with E-state index in [9.17, 15) is 4.79 Å². The van der Waals surface area contributed by atoms with Crippen molar-refractivity contribution < 1.29 is 4.79 Å². The summed E-state index contributed by atoms with van der Waals surface area (Å²) in [5.41, 5.74) is 1.03. The van der Waals surface area contributed by atoms with Crippen LogP contribution in [0, 0.1) is 12.8 Å². The molecule has 2 fully saturated rings. The molecule has 1 aliphatic carbocycles. The summed E-state index contributed by atoms with van der Waals surface area (Å²) < 4.78 is 0. The van der Waals surface area contributed by atoms with E-state index < -0.39 is 0 Å². The minimum absolute atomic E-state index is 0.350. The largest absolute Gasteiger partial charge is 0.367 e. The number of pyridine rings is 1. The average molecular weight is 259 g/mol. The Morgan fingerprint density at radius 2 is 2.00 bits per heavy atom. The highest BCUT2D eigenvalue weighted by molar-refractivity contribution is 5.81. The maximum absolute atomic E-state index is 12.0. The Labute approximate surface area is 114 Å². The summed E-state index contributed by atoms with van der Waals surface area (Å²) in [6, 6.07) is 6.48. The van der Waals surface area contributed by atoms with Crippen LogP contribution in [0.2, 0.25) is 0 Å². The number of anilines is 1. The van der Waals surface area contributed by atoms with Gasteiger partial charge in [-0.15, -0.1) is 0 Å². The van der Waals surface area contributed by atoms with Crippen LogP contribution in [0.5, 0.6) is 0 Å². The van der Waals surface area contributed by atoms with Gasteiger partial charge in [-0.25, -0.2) is 4.98 Å². The van der Waals surface area contributed by atoms with Gasteiger partial charge < -0.3 is 10.2 Å². The van der Waals surface area contributed by atoms with Crippen LogP contribution in [0.15, 0.2) is 18.2 Å². The summed E-state index contributed by atoms with van der Waals surface area (Å²) in [6.45, 7) is 3.78. The topological polar surface area (TPSA) is 45.2 Å². The lowest BCUT2D eigenvalue weighted by molar-refractivity contribution is -0.133. The number of aryl methyl sites for hydroxylation is 1. The molecule has 0 bridgehead atoms. The van der Waals surface area contributed by atoms with Crippen molar-refractivity contribution in [2.75, 3.05) is 18.4 Å². The van der Waals surface area contributed by atoms with E-state index in [0.717, 1.165) is 50.3 Å². The minimum Gasteiger partial charge on any atom is -0.367 e. The third-order valence-corrected chi connectivity index (χ3v) is 3.97. The highest BCUT2D eigenvalue weighted by atomic mass is 16.2. The molecule has 3 rings (SSSR count). The number of amides is 1. The van der Waals surface area contributed by atoms with Crippen molar-refractivity contribution in [3.63, 3.8) is 0 Å². The van der Waals surface area contributed by atoms with Gasteiger partial charge in [-0.1, -0.05) is 6.07 Å². The lowest BCUT2D eigenvalue weighted by Crippen LogP contribution is -2.43. The van der Waals surface area contributed by atoms with Gasteiger partial charge in [0.1, 0.15) is 5.82 Å². The zero-order valence-electron chi connectivity index (χ0n) is 11.4. The van der Waals surface area contributed by atoms with Crippen LogP contribution in [-0.4, -0.2) is 34.9 Å². The summed E-state index contributed by atoms with van der Waals surface area (Å²) in [4.78, 5) is 18.5. The summed E-state index contributed by atoms with van der Waals surface area (Å²) in [7, 11) is 0. The number of rotatable bonds is 3. The molecule has 1 aromatic heterocycles. The summed E-state index contributed by atoms with van der Waals surface area (Å²) in [5.74, 6) is 1.68. The SMILES string of the molecule is Cc1cccc(NC2CCN(C(=O)C3CC3)CC2)n1. The van der Waals surface area contributed by atoms with Gasteiger partial charge in [-0.05, 0) is 44.7 Å². The number of piperidine rings is 1. The molecule has 1 N–H and O–H groups in total. The van der Waals surface area contributed by atoms with Gasteiger partial charge in [0.15, 0.2) is 0 Å². The third-order valence-electron chi connectivity index (χ3n) is 3.97. The summed E-state index contributed by atoms with van der Waals surface area (Å²) >= 11 is 0. The van der Waals surface area contributed by atoms with Gasteiger partial charge in [0.05, 0.1) is 0 Å². The molecule has 0 aromatic carbocycles. The fourth-order valence-corrected chi connectivity index (χ4v) is 2.67. The number of carbonyl (C=O) groups is 1. The van der Waals surface area contributed by atoms with Crippen LogP contribution in [0.4, 0.5) is 5.82 Å². The first-order chi connectivity index (χ1) is 9.22. The third kappa shape index (κ3) is 3.06. The first-order valence-corrected chi connectivity index (χ1v) is 7.21. The van der Waals surface area contributed by atoms with Crippen LogP contribution in [0.1, 0.15) is 31.4 Å². The number of nitrogens with one attached hydrogen (secondary N) is 1. The van der Waals surface area contributed by atoms with E-state index in [1.165, 1.54) is 0 Å². The Hall–Kier alpha value is -1.58. The van der Waals surface area contributed by atoms with Crippen molar-refractivity contribution in [1.29, 1.82) is 0 Å². The molecule has 19 heavy (non-hydrogen) atoms. The standard InChI is InChI=1S/C15H21N3O/c1-11-3-2-4-14(16-11)17-13-7-9-18(10-8-13)15(19)12-5-6-12/h2-4,12-13H,5-10H2,1H3,(H,16,17). The van der Waals surface area contributed by atoms with E-state index >= 15 is 0 Å². The Morgan fingerprint density at radius 3 is 2.63 bits per heavy atom. The van der Waals surface area contributed by atoms with Crippen LogP contribution in [-0.2, 0) is 4.79 Å². The van der Waals surface area contributed by atoms with Gasteiger partial charge in [0, 0.05) is 30.7 Å². The van der Waals surface area contributed by atoms with Crippen molar-refractivity contribution >= 4 is 11.7 Å². The molecule has 0 spiro atoms. The van der Waals surface area contributed by atoms with Gasteiger partial charge in [0.2, 0.25) is 5.91 Å². The summed E-state index contributed by atoms with van der Waals surface area (Å²) in [5, 5.41) is 3.48. The van der Waals surface area contributed by atoms with E-state index in [1.54, 1.807) is 0 Å². The fraction of sp³-hybridized carbons (Fsp3) is 0.600. The number of carbonyl (C=O) groups excluding carboxylic acids is 1. The maximum Gasteiger partial charge on any atom is 0.225 e. The Bertz CT molecular complexity index is 462. The molecule has 1 aliphatic heterocycles. The van der Waals surface area contributed by atoms with Gasteiger partial charge in [-0.3, -0.25) is 4.79 Å². The van der Waals surface area contributed by atoms with Gasteiger partial charge >= 0.3 is 0 Å². The average Bonchev–Trinajstić information content (AvgIpc) is 3.23. The lowest BCUT2D eigenvalue weighted by Gasteiger charge is -2.32. The Balaban J connectivity index is 1.51. The molecule has 102 valence electrons. The Morgan fingerprint density at radius 1 is 1.26 bits per heavy atom. The lowest BCUT2D eigenvalue weighted by atomic mass is 10.0. The number of hydrogen-bond acceptors (Lipinski definition) is 3. The van der Waals surface area contributed by atoms with Crippen molar-refractivity contribution in [3.05, 3.63) is 23.9 Å². The second kappa shape index (κ2) is 5.19. The molecule has 0 unspecified atom stereocenters. The zero-order valence-corrected chi connectivity index (χ0v) is 11.4. The van der Waals surface area contributed by atoms with Crippen LogP contribution in [0.3, 0.4) is 0 Å². The van der Waals surface area contributed by atoms with Crippen LogP contribution < -0.4 is 5.32 Å². The van der Waals surface area contributed by atoms with Crippen LogP contribution in [0.25, 0.3) is 0 Å². The Kier molecular flexibility index (Phi) is 3.40. The molecule has 1 saturated heterocycles. The predicted octanol–water partition coefficient (Wildman–Crippen LogP) is 2.20. The first kappa shape index (κ1) is 12.5. The molecule has 0 radical (unpaired) electrons. The molecule has 1 saturated carbocycles. The van der Waals surface area contributed by atoms with Crippen LogP contribution >= 0.6 is 0 Å². The molecule has 0 atom stereocenters. The molecule has 2 aliphatic rings. The second-order valence-corrected chi connectivity index (χ2v) is 5.68. The van der Waals surface area contributed by atoms with E-state index in [0.29, 0.717) is 17.9 Å². The predicted molar refractivity (Wildman–Crippen MR) is 74.9 cm³/mol. The second-order valence-electron chi connectivity index (χ2n) is 5.68. The highest BCUT2D eigenvalue weighted by Gasteiger charge is 2.34. The van der Waals surface area contributed by atoms with Gasteiger partial charge in [0.25, 0.3) is 0 Å². The van der Waals surface area contributed by atoms with E-state index in [2.05, 4.69) is 10.3 Å². The number of hydrogen-bond donors (Lipinski definition) is 1. The van der Waals surface area contributed by atoms with Crippen molar-refractivity contribution in [3.8, 4) is 0 Å². The maximum atomic E-state index is 12.0. The normalized spacial score (nSPS) is 20.4. The quantitative estimate of drug-likeness (QED) is 0.905. The van der Waals surface area contributed by atoms with E-state index in [1.807, 2.05) is 30.0 Å². The fourth-order valence-electron chi connectivity index (χ4n) is 2.67. The van der Waals surface area contributed by atoms with E-state index in [4.69, 9.17) is 0 Å². The smallest absolute Gasteiger partial charge is 0.225 e. The molecule has 2 heterocycles. The van der Waals surface area contributed by atoms with Crippen molar-refractivity contribution in [1.82, 2.24) is 9.88 Å². The van der Waals surface area contributed by atoms with Crippen molar-refractivity contribution in [2.45, 2.75) is 38.6 Å². The zero-order chi connectivity index (χ0) is 13.2. The molecule has 4 nitrogen and oxygen atoms in total. The number of nitrogens with zero attached hydrogens (tertiary/aromatic N) is 2. The molecular weight excluding hydrogens is 238 g/mol. The minimum atomic E-state index is 0.350. The monoisotopic (exact) mass is 259 g/mol. The molecule has 4 heteroatoms. The highest BCUT2D eigenvalue weighted by Crippen LogP contribution is 2.32. The van der Waals surface area contributed by atoms with Gasteiger partial charge in [-0.2, -0.15) is 0 Å². The molecular formula is C15H21N3O. The molecule has 1 amide bonds. The van der Waals surface area contributed by atoms with E-state index in [-0.39, 0.29) is 0 Å². The number of likely N-dealkylation sites (tertiary alicyclic amines) is 1. The first-order valence-electron chi connectivity index (χ1n) is 7.21. The van der Waals surface area contributed by atoms with Crippen molar-refractivity contribution in [2.24, 2.45) is 5.92 Å². The summed E-state index contributed by atoms with van der Waals surface area (Å²) in [6.07, 6.45) is 4.25. The molecule has 1 aromatic rings.